The number of ether oxygens (including phenoxy) is 1. The lowest BCUT2D eigenvalue weighted by atomic mass is 9.49. The minimum absolute atomic E-state index is 0.00155. The molecule has 0 aromatic heterocycles. The normalized spacial score (nSPS) is 32.2. The maximum atomic E-state index is 12.6. The van der Waals surface area contributed by atoms with E-state index in [1.165, 1.54) is 38.5 Å². The largest absolute Gasteiger partial charge is 0.482 e. The first-order valence-corrected chi connectivity index (χ1v) is 9.43. The van der Waals surface area contributed by atoms with Crippen LogP contribution < -0.4 is 4.74 Å². The zero-order valence-corrected chi connectivity index (χ0v) is 14.9. The van der Waals surface area contributed by atoms with Crippen LogP contribution in [0.4, 0.5) is 0 Å². The number of carbonyl (C=O) groups is 1. The van der Waals surface area contributed by atoms with E-state index in [4.69, 9.17) is 10.00 Å². The van der Waals surface area contributed by atoms with Gasteiger partial charge in [-0.05, 0) is 73.8 Å². The molecule has 0 radical (unpaired) electrons. The topological polar surface area (TPSA) is 53.3 Å². The first kappa shape index (κ1) is 16.4. The number of rotatable bonds is 5. The summed E-state index contributed by atoms with van der Waals surface area (Å²) in [6, 6.07) is 9.17. The van der Waals surface area contributed by atoms with Gasteiger partial charge in [-0.3, -0.25) is 4.79 Å². The van der Waals surface area contributed by atoms with Gasteiger partial charge in [0.15, 0.2) is 6.61 Å². The van der Waals surface area contributed by atoms with Crippen molar-refractivity contribution in [1.29, 1.82) is 5.26 Å². The van der Waals surface area contributed by atoms with Gasteiger partial charge in [0.05, 0.1) is 5.56 Å². The van der Waals surface area contributed by atoms with Crippen molar-refractivity contribution in [2.45, 2.75) is 38.5 Å². The van der Waals surface area contributed by atoms with Gasteiger partial charge in [0.2, 0.25) is 0 Å². The van der Waals surface area contributed by atoms with Crippen LogP contribution in [0.5, 0.6) is 5.75 Å². The fourth-order valence-electron chi connectivity index (χ4n) is 6.01. The Morgan fingerprint density at radius 3 is 2.40 bits per heavy atom. The minimum Gasteiger partial charge on any atom is -0.482 e. The van der Waals surface area contributed by atoms with Gasteiger partial charge in [0.25, 0.3) is 5.91 Å². The highest BCUT2D eigenvalue weighted by Gasteiger charge is 2.51. The molecule has 4 aliphatic carbocycles. The first-order chi connectivity index (χ1) is 12.1. The van der Waals surface area contributed by atoms with E-state index >= 15 is 0 Å². The van der Waals surface area contributed by atoms with Gasteiger partial charge in [0.1, 0.15) is 11.8 Å². The van der Waals surface area contributed by atoms with Crippen LogP contribution in [0, 0.1) is 34.5 Å². The van der Waals surface area contributed by atoms with Crippen molar-refractivity contribution in [3.63, 3.8) is 0 Å². The molecule has 1 amide bonds. The predicted octanol–water partition coefficient (Wildman–Crippen LogP) is 3.61. The first-order valence-electron chi connectivity index (χ1n) is 9.43. The third kappa shape index (κ3) is 3.25. The Hall–Kier alpha value is -2.02. The molecule has 0 saturated heterocycles. The molecule has 0 N–H and O–H groups in total. The number of hydrogen-bond donors (Lipinski definition) is 0. The van der Waals surface area contributed by atoms with E-state index in [1.54, 1.807) is 18.2 Å². The van der Waals surface area contributed by atoms with Crippen LogP contribution in [0.3, 0.4) is 0 Å². The number of para-hydroxylation sites is 1. The summed E-state index contributed by atoms with van der Waals surface area (Å²) in [5.41, 5.74) is 0.822. The summed E-state index contributed by atoms with van der Waals surface area (Å²) in [7, 11) is 1.90. The number of likely N-dealkylation sites (N-methyl/N-ethyl adjacent to an activating group) is 1. The smallest absolute Gasteiger partial charge is 0.260 e. The Labute approximate surface area is 149 Å². The molecular formula is C21H26N2O2. The quantitative estimate of drug-likeness (QED) is 0.824. The molecule has 0 unspecified atom stereocenters. The molecule has 0 aliphatic heterocycles. The lowest BCUT2D eigenvalue weighted by Gasteiger charge is -2.57. The highest BCUT2D eigenvalue weighted by atomic mass is 16.5. The van der Waals surface area contributed by atoms with E-state index in [1.807, 2.05) is 18.0 Å². The predicted molar refractivity (Wildman–Crippen MR) is 94.9 cm³/mol. The van der Waals surface area contributed by atoms with Crippen LogP contribution in [0.15, 0.2) is 24.3 Å². The third-order valence-electron chi connectivity index (χ3n) is 6.52. The monoisotopic (exact) mass is 338 g/mol. The molecule has 0 spiro atoms. The van der Waals surface area contributed by atoms with Crippen LogP contribution in [0.2, 0.25) is 0 Å². The summed E-state index contributed by atoms with van der Waals surface area (Å²) in [6.07, 6.45) is 8.17. The molecule has 4 aliphatic rings. The standard InChI is InChI=1S/C21H26N2O2/c1-23(20(24)13-25-19-5-3-2-4-18(19)12-22)14-21-9-15-6-16(10-21)8-17(7-15)11-21/h2-5,15-17H,6-11,13-14H2,1H3. The molecule has 25 heavy (non-hydrogen) atoms. The van der Waals surface area contributed by atoms with Gasteiger partial charge in [0, 0.05) is 13.6 Å². The highest BCUT2D eigenvalue weighted by Crippen LogP contribution is 2.60. The zero-order chi connectivity index (χ0) is 17.4. The third-order valence-corrected chi connectivity index (χ3v) is 6.52. The van der Waals surface area contributed by atoms with Crippen molar-refractivity contribution >= 4 is 5.91 Å². The maximum absolute atomic E-state index is 12.6. The number of nitriles is 1. The fourth-order valence-corrected chi connectivity index (χ4v) is 6.01. The fraction of sp³-hybridized carbons (Fsp3) is 0.619. The van der Waals surface area contributed by atoms with Crippen molar-refractivity contribution in [2.24, 2.45) is 23.2 Å². The molecule has 4 heteroatoms. The van der Waals surface area contributed by atoms with E-state index in [0.717, 1.165) is 24.3 Å². The van der Waals surface area contributed by atoms with Crippen LogP contribution in [0.25, 0.3) is 0 Å². The van der Waals surface area contributed by atoms with E-state index in [2.05, 4.69) is 6.07 Å². The molecule has 1 aromatic carbocycles. The molecule has 5 rings (SSSR count). The van der Waals surface area contributed by atoms with Crippen LogP contribution in [-0.4, -0.2) is 31.0 Å². The lowest BCUT2D eigenvalue weighted by Crippen LogP contribution is -2.51. The Morgan fingerprint density at radius 1 is 1.20 bits per heavy atom. The van der Waals surface area contributed by atoms with Crippen LogP contribution in [-0.2, 0) is 4.79 Å². The van der Waals surface area contributed by atoms with Gasteiger partial charge in [-0.25, -0.2) is 0 Å². The van der Waals surface area contributed by atoms with Gasteiger partial charge < -0.3 is 9.64 Å². The summed E-state index contributed by atoms with van der Waals surface area (Å²) in [5, 5.41) is 9.11. The molecule has 1 aromatic rings. The highest BCUT2D eigenvalue weighted by molar-refractivity contribution is 5.77. The summed E-state index contributed by atoms with van der Waals surface area (Å²) in [5.74, 6) is 3.18. The second-order valence-electron chi connectivity index (χ2n) is 8.56. The molecule has 0 atom stereocenters. The van der Waals surface area contributed by atoms with E-state index in [-0.39, 0.29) is 12.5 Å². The second-order valence-corrected chi connectivity index (χ2v) is 8.56. The van der Waals surface area contributed by atoms with E-state index < -0.39 is 0 Å². The molecule has 0 heterocycles. The minimum atomic E-state index is 0.00155. The Bertz CT molecular complexity index is 671. The summed E-state index contributed by atoms with van der Waals surface area (Å²) >= 11 is 0. The van der Waals surface area contributed by atoms with Crippen molar-refractivity contribution in [1.82, 2.24) is 4.90 Å². The van der Waals surface area contributed by atoms with E-state index in [9.17, 15) is 4.79 Å². The number of nitrogens with zero attached hydrogens (tertiary/aromatic N) is 2. The molecule has 132 valence electrons. The number of amides is 1. The number of benzene rings is 1. The Balaban J connectivity index is 1.36. The summed E-state index contributed by atoms with van der Waals surface area (Å²) in [4.78, 5) is 14.4. The zero-order valence-electron chi connectivity index (χ0n) is 14.9. The lowest BCUT2D eigenvalue weighted by molar-refractivity contribution is -0.137. The van der Waals surface area contributed by atoms with Crippen molar-refractivity contribution < 1.29 is 9.53 Å². The van der Waals surface area contributed by atoms with Gasteiger partial charge in [-0.15, -0.1) is 0 Å². The molecule has 4 saturated carbocycles. The number of hydrogen-bond acceptors (Lipinski definition) is 3. The molecule has 4 bridgehead atoms. The SMILES string of the molecule is CN(CC12CC3CC(CC(C3)C1)C2)C(=O)COc1ccccc1C#N. The van der Waals surface area contributed by atoms with Gasteiger partial charge in [-0.1, -0.05) is 12.1 Å². The van der Waals surface area contributed by atoms with Gasteiger partial charge in [-0.2, -0.15) is 5.26 Å². The molecule has 4 fully saturated rings. The maximum Gasteiger partial charge on any atom is 0.260 e. The summed E-state index contributed by atoms with van der Waals surface area (Å²) < 4.78 is 5.62. The Kier molecular flexibility index (Phi) is 4.19. The average molecular weight is 338 g/mol. The van der Waals surface area contributed by atoms with Crippen molar-refractivity contribution in [3.05, 3.63) is 29.8 Å². The number of carbonyl (C=O) groups excluding carboxylic acids is 1. The molecule has 4 nitrogen and oxygen atoms in total. The second kappa shape index (κ2) is 6.37. The molecular weight excluding hydrogens is 312 g/mol. The van der Waals surface area contributed by atoms with Crippen molar-refractivity contribution in [3.8, 4) is 11.8 Å². The average Bonchev–Trinajstić information content (AvgIpc) is 2.58. The van der Waals surface area contributed by atoms with E-state index in [0.29, 0.717) is 16.7 Å². The van der Waals surface area contributed by atoms with Crippen molar-refractivity contribution in [2.75, 3.05) is 20.2 Å². The Morgan fingerprint density at radius 2 is 1.80 bits per heavy atom. The summed E-state index contributed by atoms with van der Waals surface area (Å²) in [6.45, 7) is 0.861. The van der Waals surface area contributed by atoms with Gasteiger partial charge >= 0.3 is 0 Å². The van der Waals surface area contributed by atoms with Crippen LogP contribution in [0.1, 0.15) is 44.1 Å². The van der Waals surface area contributed by atoms with Crippen LogP contribution >= 0.6 is 0 Å².